The van der Waals surface area contributed by atoms with Crippen LogP contribution in [0.2, 0.25) is 0 Å². The molecule has 0 saturated carbocycles. The van der Waals surface area contributed by atoms with Gasteiger partial charge in [-0.15, -0.1) is 0 Å². The Bertz CT molecular complexity index is 727. The first-order valence-electron chi connectivity index (χ1n) is 7.77. The fraction of sp³-hybridized carbons (Fsp3) is 0.333. The molecule has 0 radical (unpaired) electrons. The van der Waals surface area contributed by atoms with Crippen molar-refractivity contribution in [2.24, 2.45) is 0 Å². The van der Waals surface area contributed by atoms with Crippen molar-refractivity contribution in [3.8, 4) is 11.5 Å². The van der Waals surface area contributed by atoms with E-state index in [0.717, 1.165) is 0 Å². The van der Waals surface area contributed by atoms with Gasteiger partial charge in [-0.25, -0.2) is 0 Å². The number of rotatable bonds is 7. The second-order valence-corrected chi connectivity index (χ2v) is 5.45. The van der Waals surface area contributed by atoms with Crippen molar-refractivity contribution < 1.29 is 23.5 Å². The summed E-state index contributed by atoms with van der Waals surface area (Å²) in [7, 11) is 4.68. The first-order chi connectivity index (χ1) is 12.0. The quantitative estimate of drug-likeness (QED) is 0.832. The normalized spacial score (nSPS) is 11.5. The molecule has 1 aromatic heterocycles. The smallest absolute Gasteiger partial charge is 0.251 e. The van der Waals surface area contributed by atoms with Gasteiger partial charge in [-0.3, -0.25) is 9.59 Å². The number of hydrogen-bond donors (Lipinski definition) is 1. The predicted molar refractivity (Wildman–Crippen MR) is 91.8 cm³/mol. The largest absolute Gasteiger partial charge is 0.493 e. The van der Waals surface area contributed by atoms with Crippen molar-refractivity contribution in [3.63, 3.8) is 0 Å². The summed E-state index contributed by atoms with van der Waals surface area (Å²) in [5, 5.41) is 2.61. The molecule has 1 unspecified atom stereocenters. The summed E-state index contributed by atoms with van der Waals surface area (Å²) in [4.78, 5) is 26.0. The van der Waals surface area contributed by atoms with Gasteiger partial charge in [0.1, 0.15) is 5.76 Å². The Hall–Kier alpha value is -2.96. The Morgan fingerprint density at radius 3 is 2.52 bits per heavy atom. The number of carbonyl (C=O) groups is 2. The Morgan fingerprint density at radius 2 is 1.92 bits per heavy atom. The van der Waals surface area contributed by atoms with Crippen LogP contribution in [-0.4, -0.2) is 44.5 Å². The molecule has 2 amide bonds. The van der Waals surface area contributed by atoms with Crippen LogP contribution in [-0.2, 0) is 4.79 Å². The molecule has 0 aliphatic rings. The molecular formula is C18H22N2O5. The average molecular weight is 346 g/mol. The minimum atomic E-state index is -0.367. The third-order valence-corrected chi connectivity index (χ3v) is 3.98. The number of hydrogen-bond acceptors (Lipinski definition) is 5. The summed E-state index contributed by atoms with van der Waals surface area (Å²) < 4.78 is 15.6. The second kappa shape index (κ2) is 8.23. The molecule has 0 bridgehead atoms. The minimum Gasteiger partial charge on any atom is -0.493 e. The van der Waals surface area contributed by atoms with Crippen LogP contribution < -0.4 is 14.8 Å². The highest BCUT2D eigenvalue weighted by Gasteiger charge is 2.20. The average Bonchev–Trinajstić information content (AvgIpc) is 3.18. The standard InChI is InChI=1S/C18H22N2O5/c1-12(14-6-5-9-25-14)20(2)17(21)11-19-18(22)13-7-8-15(23-3)16(10-13)24-4/h5-10,12H,11H2,1-4H3,(H,19,22). The van der Waals surface area contributed by atoms with E-state index in [1.54, 1.807) is 43.6 Å². The van der Waals surface area contributed by atoms with Crippen LogP contribution in [0.1, 0.15) is 29.1 Å². The Balaban J connectivity index is 1.96. The lowest BCUT2D eigenvalue weighted by molar-refractivity contribution is -0.131. The van der Waals surface area contributed by atoms with Gasteiger partial charge in [-0.2, -0.15) is 0 Å². The zero-order valence-corrected chi connectivity index (χ0v) is 14.7. The Kier molecular flexibility index (Phi) is 6.05. The van der Waals surface area contributed by atoms with Crippen LogP contribution in [0.5, 0.6) is 11.5 Å². The molecule has 0 saturated heterocycles. The summed E-state index contributed by atoms with van der Waals surface area (Å²) in [6.07, 6.45) is 1.56. The van der Waals surface area contributed by atoms with Gasteiger partial charge < -0.3 is 24.1 Å². The van der Waals surface area contributed by atoms with Crippen LogP contribution in [0.25, 0.3) is 0 Å². The van der Waals surface area contributed by atoms with E-state index in [4.69, 9.17) is 13.9 Å². The fourth-order valence-electron chi connectivity index (χ4n) is 2.30. The number of nitrogens with one attached hydrogen (secondary N) is 1. The zero-order valence-electron chi connectivity index (χ0n) is 14.7. The molecule has 1 heterocycles. The molecule has 0 aliphatic carbocycles. The summed E-state index contributed by atoms with van der Waals surface area (Å²) in [5.74, 6) is 1.07. The molecule has 7 heteroatoms. The number of benzene rings is 1. The molecule has 25 heavy (non-hydrogen) atoms. The minimum absolute atomic E-state index is 0.116. The summed E-state index contributed by atoms with van der Waals surface area (Å²) in [6.45, 7) is 1.74. The Morgan fingerprint density at radius 1 is 1.20 bits per heavy atom. The summed E-state index contributed by atoms with van der Waals surface area (Å²) >= 11 is 0. The van der Waals surface area contributed by atoms with Crippen molar-refractivity contribution in [1.29, 1.82) is 0 Å². The molecule has 7 nitrogen and oxygen atoms in total. The van der Waals surface area contributed by atoms with Crippen molar-refractivity contribution >= 4 is 11.8 Å². The summed E-state index contributed by atoms with van der Waals surface area (Å²) in [5.41, 5.74) is 0.382. The maximum absolute atomic E-state index is 12.3. The van der Waals surface area contributed by atoms with Crippen LogP contribution in [0.3, 0.4) is 0 Å². The number of likely N-dealkylation sites (N-methyl/N-ethyl adjacent to an activating group) is 1. The van der Waals surface area contributed by atoms with Crippen LogP contribution in [0, 0.1) is 0 Å². The van der Waals surface area contributed by atoms with E-state index in [0.29, 0.717) is 22.8 Å². The maximum Gasteiger partial charge on any atom is 0.251 e. The van der Waals surface area contributed by atoms with Gasteiger partial charge >= 0.3 is 0 Å². The molecule has 2 rings (SSSR count). The highest BCUT2D eigenvalue weighted by atomic mass is 16.5. The second-order valence-electron chi connectivity index (χ2n) is 5.45. The Labute approximate surface area is 146 Å². The zero-order chi connectivity index (χ0) is 18.4. The maximum atomic E-state index is 12.3. The van der Waals surface area contributed by atoms with Crippen molar-refractivity contribution in [2.75, 3.05) is 27.8 Å². The van der Waals surface area contributed by atoms with E-state index < -0.39 is 0 Å². The lowest BCUT2D eigenvalue weighted by Gasteiger charge is -2.23. The highest BCUT2D eigenvalue weighted by molar-refractivity contribution is 5.97. The van der Waals surface area contributed by atoms with E-state index in [1.807, 2.05) is 6.92 Å². The van der Waals surface area contributed by atoms with E-state index in [2.05, 4.69) is 5.32 Å². The molecular weight excluding hydrogens is 324 g/mol. The molecule has 134 valence electrons. The number of amides is 2. The lowest BCUT2D eigenvalue weighted by atomic mass is 10.2. The first kappa shape index (κ1) is 18.4. The number of nitrogens with zero attached hydrogens (tertiary/aromatic N) is 1. The SMILES string of the molecule is COc1ccc(C(=O)NCC(=O)N(C)C(C)c2ccco2)cc1OC. The van der Waals surface area contributed by atoms with Crippen molar-refractivity contribution in [2.45, 2.75) is 13.0 Å². The van der Waals surface area contributed by atoms with Crippen LogP contribution in [0.15, 0.2) is 41.0 Å². The highest BCUT2D eigenvalue weighted by Crippen LogP contribution is 2.27. The summed E-state index contributed by atoms with van der Waals surface area (Å²) in [6, 6.07) is 8.16. The molecule has 1 N–H and O–H groups in total. The van der Waals surface area contributed by atoms with Gasteiger partial charge in [0.25, 0.3) is 5.91 Å². The molecule has 0 aliphatic heterocycles. The molecule has 1 atom stereocenters. The third-order valence-electron chi connectivity index (χ3n) is 3.98. The molecule has 0 spiro atoms. The van der Waals surface area contributed by atoms with E-state index in [-0.39, 0.29) is 24.4 Å². The van der Waals surface area contributed by atoms with E-state index in [9.17, 15) is 9.59 Å². The molecule has 1 aromatic carbocycles. The van der Waals surface area contributed by atoms with Gasteiger partial charge in [0.05, 0.1) is 33.1 Å². The van der Waals surface area contributed by atoms with E-state index in [1.165, 1.54) is 19.1 Å². The topological polar surface area (TPSA) is 81.0 Å². The van der Waals surface area contributed by atoms with Gasteiger partial charge in [-0.05, 0) is 37.3 Å². The molecule has 0 fully saturated rings. The van der Waals surface area contributed by atoms with Gasteiger partial charge in [-0.1, -0.05) is 0 Å². The van der Waals surface area contributed by atoms with Crippen LogP contribution in [0.4, 0.5) is 0 Å². The predicted octanol–water partition coefficient (Wildman–Crippen LogP) is 2.25. The van der Waals surface area contributed by atoms with Crippen molar-refractivity contribution in [1.82, 2.24) is 10.2 Å². The number of methoxy groups -OCH3 is 2. The monoisotopic (exact) mass is 346 g/mol. The lowest BCUT2D eigenvalue weighted by Crippen LogP contribution is -2.39. The number of ether oxygens (including phenoxy) is 2. The van der Waals surface area contributed by atoms with Crippen LogP contribution >= 0.6 is 0 Å². The van der Waals surface area contributed by atoms with Gasteiger partial charge in [0, 0.05) is 12.6 Å². The molecule has 2 aromatic rings. The first-order valence-corrected chi connectivity index (χ1v) is 7.77. The van der Waals surface area contributed by atoms with Crippen molar-refractivity contribution in [3.05, 3.63) is 47.9 Å². The fourth-order valence-corrected chi connectivity index (χ4v) is 2.30. The number of furan rings is 1. The third kappa shape index (κ3) is 4.32. The van der Waals surface area contributed by atoms with Gasteiger partial charge in [0.15, 0.2) is 11.5 Å². The van der Waals surface area contributed by atoms with E-state index >= 15 is 0 Å². The number of carbonyl (C=O) groups excluding carboxylic acids is 2. The van der Waals surface area contributed by atoms with Gasteiger partial charge in [0.2, 0.25) is 5.91 Å².